The fourth-order valence-electron chi connectivity index (χ4n) is 7.12. The molecule has 4 nitrogen and oxygen atoms in total. The van der Waals surface area contributed by atoms with Crippen LogP contribution in [0.1, 0.15) is 105 Å². The summed E-state index contributed by atoms with van der Waals surface area (Å²) in [6.07, 6.45) is 5.23. The molecule has 0 unspecified atom stereocenters. The highest BCUT2D eigenvalue weighted by molar-refractivity contribution is 5.77. The Kier molecular flexibility index (Phi) is 10.6. The van der Waals surface area contributed by atoms with Crippen molar-refractivity contribution in [2.45, 2.75) is 105 Å². The Balaban J connectivity index is 1.30. The molecule has 0 aliphatic heterocycles. The largest absolute Gasteiger partial charge is 0.244 e. The molecule has 58 heavy (non-hydrogen) atoms. The molecule has 2 aromatic heterocycles. The first-order valence-electron chi connectivity index (χ1n) is 20.5. The van der Waals surface area contributed by atoms with Gasteiger partial charge in [0, 0.05) is 34.6 Å². The molecule has 0 saturated heterocycles. The predicted octanol–water partition coefficient (Wildman–Crippen LogP) is 14.5. The Morgan fingerprint density at radius 3 is 0.914 bits per heavy atom. The van der Waals surface area contributed by atoms with E-state index < -0.39 is 0 Å². The molecule has 294 valence electrons. The Labute approximate surface area is 346 Å². The van der Waals surface area contributed by atoms with Crippen molar-refractivity contribution in [1.82, 2.24) is 19.9 Å². The van der Waals surface area contributed by atoms with E-state index in [0.717, 1.165) is 39.2 Å². The first kappa shape index (κ1) is 40.5. The zero-order chi connectivity index (χ0) is 41.6. The Bertz CT molecular complexity index is 2340. The molecule has 2 heterocycles. The number of rotatable bonds is 6. The van der Waals surface area contributed by atoms with Crippen LogP contribution in [0.5, 0.6) is 0 Å². The van der Waals surface area contributed by atoms with Gasteiger partial charge in [-0.2, -0.15) is 0 Å². The third-order valence-corrected chi connectivity index (χ3v) is 11.1. The highest BCUT2D eigenvalue weighted by atomic mass is 14.9. The van der Waals surface area contributed by atoms with Crippen molar-refractivity contribution in [3.8, 4) is 67.3 Å². The molecule has 0 spiro atoms. The minimum atomic E-state index is 0.0394. The molecule has 0 aliphatic carbocycles. The summed E-state index contributed by atoms with van der Waals surface area (Å²) in [4.78, 5) is 18.8. The van der Waals surface area contributed by atoms with E-state index in [1.54, 1.807) is 6.33 Å². The summed E-state index contributed by atoms with van der Waals surface area (Å²) in [7, 11) is 0. The number of hydrogen-bond acceptors (Lipinski definition) is 4. The van der Waals surface area contributed by atoms with Crippen LogP contribution < -0.4 is 0 Å². The van der Waals surface area contributed by atoms with Crippen LogP contribution in [-0.4, -0.2) is 19.9 Å². The Hall–Kier alpha value is -5.74. The van der Waals surface area contributed by atoms with Gasteiger partial charge >= 0.3 is 0 Å². The summed E-state index contributed by atoms with van der Waals surface area (Å²) in [5.74, 6) is 0.690. The second-order valence-corrected chi connectivity index (χ2v) is 19.9. The third-order valence-electron chi connectivity index (χ3n) is 11.1. The van der Waals surface area contributed by atoms with Crippen LogP contribution in [0.3, 0.4) is 0 Å². The maximum atomic E-state index is 5.23. The average molecular weight is 763 g/mol. The summed E-state index contributed by atoms with van der Waals surface area (Å²) in [6, 6.07) is 42.3. The molecule has 5 aromatic carbocycles. The van der Waals surface area contributed by atoms with E-state index >= 15 is 0 Å². The lowest BCUT2D eigenvalue weighted by Gasteiger charge is -2.26. The van der Waals surface area contributed by atoms with Gasteiger partial charge in [-0.25, -0.2) is 19.9 Å². The summed E-state index contributed by atoms with van der Waals surface area (Å²) >= 11 is 0. The van der Waals surface area contributed by atoms with E-state index in [4.69, 9.17) is 9.97 Å². The van der Waals surface area contributed by atoms with Crippen LogP contribution in [-0.2, 0) is 21.7 Å². The fourth-order valence-corrected chi connectivity index (χ4v) is 7.12. The molecule has 0 bridgehead atoms. The lowest BCUT2D eigenvalue weighted by atomic mass is 9.79. The summed E-state index contributed by atoms with van der Waals surface area (Å²) in [5.41, 5.74) is 17.2. The maximum absolute atomic E-state index is 5.23. The summed E-state index contributed by atoms with van der Waals surface area (Å²) in [6.45, 7) is 27.4. The quantitative estimate of drug-likeness (QED) is 0.169. The van der Waals surface area contributed by atoms with Crippen molar-refractivity contribution in [3.63, 3.8) is 0 Å². The molecule has 0 N–H and O–H groups in total. The van der Waals surface area contributed by atoms with Gasteiger partial charge in [-0.1, -0.05) is 192 Å². The molecule has 4 heteroatoms. The standard InChI is InChI=1S/C54H58N4/c1-51(2,3)44-25-41(26-45(29-44)52(4,5)6)35-13-19-38(20-14-35)48-31-49(39-21-15-37(16-22-39)43-32-55-34-56-33-43)58-50(57-48)40-23-17-36(18-24-40)42-27-46(53(7,8)9)30-47(28-42)54(10,11)12/h13-34H,1-12H3. The van der Waals surface area contributed by atoms with E-state index in [1.807, 2.05) is 12.4 Å². The van der Waals surface area contributed by atoms with Gasteiger partial charge in [-0.05, 0) is 77.8 Å². The Morgan fingerprint density at radius 1 is 0.293 bits per heavy atom. The molecule has 0 aliphatic rings. The molecule has 0 radical (unpaired) electrons. The van der Waals surface area contributed by atoms with Crippen LogP contribution >= 0.6 is 0 Å². The SMILES string of the molecule is CC(C)(C)c1cc(-c2ccc(-c3cc(-c4ccc(-c5cncnc5)cc4)nc(-c4ccc(-c5cc(C(C)(C)C)cc(C(C)(C)C)c5)cc4)n3)cc2)cc(C(C)(C)C)c1. The molecule has 0 atom stereocenters. The lowest BCUT2D eigenvalue weighted by Crippen LogP contribution is -2.16. The van der Waals surface area contributed by atoms with E-state index in [1.165, 1.54) is 44.5 Å². The predicted molar refractivity (Wildman–Crippen MR) is 245 cm³/mol. The van der Waals surface area contributed by atoms with Gasteiger partial charge < -0.3 is 0 Å². The highest BCUT2D eigenvalue weighted by Gasteiger charge is 2.23. The van der Waals surface area contributed by atoms with Crippen molar-refractivity contribution < 1.29 is 0 Å². The molecular weight excluding hydrogens is 705 g/mol. The molecule has 0 amide bonds. The van der Waals surface area contributed by atoms with Crippen molar-refractivity contribution >= 4 is 0 Å². The van der Waals surface area contributed by atoms with Gasteiger partial charge in [-0.3, -0.25) is 0 Å². The van der Waals surface area contributed by atoms with E-state index in [0.29, 0.717) is 5.82 Å². The number of aromatic nitrogens is 4. The van der Waals surface area contributed by atoms with Crippen LogP contribution in [0.2, 0.25) is 0 Å². The minimum Gasteiger partial charge on any atom is -0.244 e. The first-order chi connectivity index (χ1) is 27.2. The zero-order valence-corrected chi connectivity index (χ0v) is 36.5. The van der Waals surface area contributed by atoms with Gasteiger partial charge in [0.2, 0.25) is 0 Å². The van der Waals surface area contributed by atoms with Crippen LogP contribution in [0.4, 0.5) is 0 Å². The number of hydrogen-bond donors (Lipinski definition) is 0. The second-order valence-electron chi connectivity index (χ2n) is 19.9. The van der Waals surface area contributed by atoms with Gasteiger partial charge in [0.15, 0.2) is 5.82 Å². The van der Waals surface area contributed by atoms with E-state index in [9.17, 15) is 0 Å². The smallest absolute Gasteiger partial charge is 0.160 e. The van der Waals surface area contributed by atoms with Gasteiger partial charge in [-0.15, -0.1) is 0 Å². The molecular formula is C54H58N4. The van der Waals surface area contributed by atoms with E-state index in [2.05, 4.69) is 208 Å². The molecule has 0 saturated carbocycles. The number of benzene rings is 5. The van der Waals surface area contributed by atoms with Crippen molar-refractivity contribution in [2.24, 2.45) is 0 Å². The van der Waals surface area contributed by atoms with Gasteiger partial charge in [0.1, 0.15) is 6.33 Å². The van der Waals surface area contributed by atoms with Gasteiger partial charge in [0.05, 0.1) is 11.4 Å². The van der Waals surface area contributed by atoms with Crippen molar-refractivity contribution in [1.29, 1.82) is 0 Å². The molecule has 7 aromatic rings. The second kappa shape index (κ2) is 15.2. The highest BCUT2D eigenvalue weighted by Crippen LogP contribution is 2.37. The summed E-state index contributed by atoms with van der Waals surface area (Å²) < 4.78 is 0. The normalized spacial score (nSPS) is 12.5. The van der Waals surface area contributed by atoms with Crippen LogP contribution in [0.25, 0.3) is 67.3 Å². The summed E-state index contributed by atoms with van der Waals surface area (Å²) in [5, 5.41) is 0. The fraction of sp³-hybridized carbons (Fsp3) is 0.296. The van der Waals surface area contributed by atoms with Crippen molar-refractivity contribution in [3.05, 3.63) is 156 Å². The van der Waals surface area contributed by atoms with Crippen LogP contribution in [0.15, 0.2) is 134 Å². The third kappa shape index (κ3) is 9.02. The zero-order valence-electron chi connectivity index (χ0n) is 36.5. The van der Waals surface area contributed by atoms with Crippen LogP contribution in [0, 0.1) is 0 Å². The lowest BCUT2D eigenvalue weighted by molar-refractivity contribution is 0.568. The Morgan fingerprint density at radius 2 is 0.586 bits per heavy atom. The van der Waals surface area contributed by atoms with Gasteiger partial charge in [0.25, 0.3) is 0 Å². The van der Waals surface area contributed by atoms with E-state index in [-0.39, 0.29) is 21.7 Å². The maximum Gasteiger partial charge on any atom is 0.160 e. The molecule has 0 fully saturated rings. The number of nitrogens with zero attached hydrogens (tertiary/aromatic N) is 4. The molecule has 7 rings (SSSR count). The first-order valence-corrected chi connectivity index (χ1v) is 20.5. The van der Waals surface area contributed by atoms with Crippen molar-refractivity contribution in [2.75, 3.05) is 0 Å². The average Bonchev–Trinajstić information content (AvgIpc) is 3.19. The monoisotopic (exact) mass is 762 g/mol. The topological polar surface area (TPSA) is 51.6 Å². The minimum absolute atomic E-state index is 0.0394.